The minimum Gasteiger partial charge on any atom is -0.322 e. The summed E-state index contributed by atoms with van der Waals surface area (Å²) in [6.07, 6.45) is 4.04. The number of aromatic nitrogens is 5. The first-order valence-corrected chi connectivity index (χ1v) is 13.7. The summed E-state index contributed by atoms with van der Waals surface area (Å²) in [7, 11) is 0. The standard InChI is InChI=1S/C29H33F3N8/c1-29(2,3)39-10-8-38(9-11-39)17-18-4-6-24(33-15-18)35-28-34-16-22(32)26(37-28)19-12-21(31)27-23(13-19)40-20(14-30)5-7-25(40)36-27/h4,6,12-13,15-16,20H,5,7-11,14,17H2,1-3H3,(H,33,34,35,37)/t20-/m0/s1. The molecule has 0 spiro atoms. The highest BCUT2D eigenvalue weighted by atomic mass is 19.1. The van der Waals surface area contributed by atoms with E-state index in [4.69, 9.17) is 0 Å². The Morgan fingerprint density at radius 1 is 0.975 bits per heavy atom. The highest BCUT2D eigenvalue weighted by Gasteiger charge is 2.28. The number of piperazine rings is 1. The minimum atomic E-state index is -0.692. The molecule has 0 bridgehead atoms. The summed E-state index contributed by atoms with van der Waals surface area (Å²) in [6, 6.07) is 6.27. The Hall–Kier alpha value is -3.57. The van der Waals surface area contributed by atoms with Crippen molar-refractivity contribution in [3.8, 4) is 11.3 Å². The Balaban J connectivity index is 1.18. The third-order valence-corrected chi connectivity index (χ3v) is 7.88. The molecule has 2 aliphatic heterocycles. The fraction of sp³-hybridized carbons (Fsp3) is 0.448. The van der Waals surface area contributed by atoms with Crippen molar-refractivity contribution in [2.24, 2.45) is 0 Å². The number of aryl methyl sites for hydroxylation is 1. The van der Waals surface area contributed by atoms with E-state index in [-0.39, 0.29) is 28.3 Å². The van der Waals surface area contributed by atoms with Crippen molar-refractivity contribution in [2.75, 3.05) is 38.2 Å². The van der Waals surface area contributed by atoms with Crippen LogP contribution in [-0.4, -0.2) is 72.7 Å². The Labute approximate surface area is 231 Å². The van der Waals surface area contributed by atoms with E-state index in [0.29, 0.717) is 30.0 Å². The van der Waals surface area contributed by atoms with Gasteiger partial charge in [0, 0.05) is 56.4 Å². The van der Waals surface area contributed by atoms with Crippen LogP contribution in [0.25, 0.3) is 22.3 Å². The number of benzene rings is 1. The fourth-order valence-corrected chi connectivity index (χ4v) is 5.66. The molecule has 3 aromatic heterocycles. The number of rotatable bonds is 6. The molecule has 0 saturated carbocycles. The molecule has 8 nitrogen and oxygen atoms in total. The van der Waals surface area contributed by atoms with Crippen LogP contribution < -0.4 is 5.32 Å². The Bertz CT molecular complexity index is 1520. The zero-order valence-electron chi connectivity index (χ0n) is 23.0. The molecule has 0 unspecified atom stereocenters. The zero-order valence-corrected chi connectivity index (χ0v) is 23.0. The predicted molar refractivity (Wildman–Crippen MR) is 148 cm³/mol. The number of hydrogen-bond acceptors (Lipinski definition) is 7. The van der Waals surface area contributed by atoms with Crippen LogP contribution in [0.1, 0.15) is 44.6 Å². The van der Waals surface area contributed by atoms with Crippen molar-refractivity contribution < 1.29 is 13.2 Å². The topological polar surface area (TPSA) is 75.0 Å². The second-order valence-corrected chi connectivity index (χ2v) is 11.6. The fourth-order valence-electron chi connectivity index (χ4n) is 5.66. The van der Waals surface area contributed by atoms with E-state index in [9.17, 15) is 8.78 Å². The van der Waals surface area contributed by atoms with Crippen LogP contribution in [-0.2, 0) is 13.0 Å². The van der Waals surface area contributed by atoms with Crippen molar-refractivity contribution in [3.63, 3.8) is 0 Å². The van der Waals surface area contributed by atoms with Gasteiger partial charge in [0.2, 0.25) is 5.95 Å². The van der Waals surface area contributed by atoms with Gasteiger partial charge < -0.3 is 9.88 Å². The van der Waals surface area contributed by atoms with Gasteiger partial charge in [-0.15, -0.1) is 0 Å². The van der Waals surface area contributed by atoms with Gasteiger partial charge in [0.1, 0.15) is 29.5 Å². The second-order valence-electron chi connectivity index (χ2n) is 11.6. The van der Waals surface area contributed by atoms with Gasteiger partial charge in [-0.3, -0.25) is 9.80 Å². The molecule has 210 valence electrons. The molecule has 5 heterocycles. The van der Waals surface area contributed by atoms with Gasteiger partial charge in [-0.05, 0) is 51.0 Å². The third-order valence-electron chi connectivity index (χ3n) is 7.88. The number of nitrogens with zero attached hydrogens (tertiary/aromatic N) is 7. The zero-order chi connectivity index (χ0) is 28.0. The lowest BCUT2D eigenvalue weighted by Gasteiger charge is -2.42. The summed E-state index contributed by atoms with van der Waals surface area (Å²) < 4.78 is 45.2. The summed E-state index contributed by atoms with van der Waals surface area (Å²) in [5, 5.41) is 3.02. The summed E-state index contributed by atoms with van der Waals surface area (Å²) in [5.74, 6) is -0.00429. The lowest BCUT2D eigenvalue weighted by Crippen LogP contribution is -2.53. The van der Waals surface area contributed by atoms with Crippen LogP contribution in [0.15, 0.2) is 36.7 Å². The molecule has 0 radical (unpaired) electrons. The molecule has 11 heteroatoms. The molecule has 2 aliphatic rings. The highest BCUT2D eigenvalue weighted by molar-refractivity contribution is 5.83. The average molecular weight is 551 g/mol. The average Bonchev–Trinajstić information content (AvgIpc) is 3.51. The minimum absolute atomic E-state index is 0.0605. The molecule has 1 aromatic carbocycles. The van der Waals surface area contributed by atoms with Crippen LogP contribution >= 0.6 is 0 Å². The van der Waals surface area contributed by atoms with Crippen LogP contribution in [0.2, 0.25) is 0 Å². The Morgan fingerprint density at radius 2 is 1.77 bits per heavy atom. The number of fused-ring (bicyclic) bond motifs is 3. The normalized spacial score (nSPS) is 18.4. The van der Waals surface area contributed by atoms with Crippen molar-refractivity contribution >= 4 is 22.8 Å². The summed E-state index contributed by atoms with van der Waals surface area (Å²) >= 11 is 0. The lowest BCUT2D eigenvalue weighted by molar-refractivity contribution is 0.0590. The van der Waals surface area contributed by atoms with Crippen LogP contribution in [0.4, 0.5) is 24.9 Å². The highest BCUT2D eigenvalue weighted by Crippen LogP contribution is 2.35. The number of alkyl halides is 1. The van der Waals surface area contributed by atoms with E-state index in [2.05, 4.69) is 55.8 Å². The first kappa shape index (κ1) is 26.6. The summed E-state index contributed by atoms with van der Waals surface area (Å²) in [5.41, 5.74) is 2.05. The van der Waals surface area contributed by atoms with E-state index in [0.717, 1.165) is 44.5 Å². The van der Waals surface area contributed by atoms with Gasteiger partial charge in [0.25, 0.3) is 0 Å². The quantitative estimate of drug-likeness (QED) is 0.350. The first-order chi connectivity index (χ1) is 19.2. The van der Waals surface area contributed by atoms with Gasteiger partial charge >= 0.3 is 0 Å². The van der Waals surface area contributed by atoms with Gasteiger partial charge in [0.15, 0.2) is 11.6 Å². The Kier molecular flexibility index (Phi) is 6.95. The van der Waals surface area contributed by atoms with Crippen molar-refractivity contribution in [3.05, 3.63) is 59.7 Å². The molecule has 1 atom stereocenters. The van der Waals surface area contributed by atoms with Gasteiger partial charge in [-0.1, -0.05) is 6.07 Å². The molecule has 1 saturated heterocycles. The molecule has 4 aromatic rings. The molecular formula is C29H33F3N8. The number of pyridine rings is 1. The molecule has 6 rings (SSSR count). The van der Waals surface area contributed by atoms with E-state index in [1.807, 2.05) is 18.3 Å². The SMILES string of the molecule is CC(C)(C)N1CCN(Cc2ccc(Nc3ncc(F)c(-c4cc(F)c5nc6n(c5c4)[C@H](CF)CC6)n3)nc2)CC1. The summed E-state index contributed by atoms with van der Waals surface area (Å²) in [6.45, 7) is 11.1. The van der Waals surface area contributed by atoms with Crippen molar-refractivity contribution in [1.82, 2.24) is 34.3 Å². The molecule has 1 fully saturated rings. The Morgan fingerprint density at radius 3 is 2.48 bits per heavy atom. The number of halogens is 3. The number of imidazole rings is 1. The predicted octanol–water partition coefficient (Wildman–Crippen LogP) is 5.28. The maximum Gasteiger partial charge on any atom is 0.229 e. The molecule has 1 N–H and O–H groups in total. The van der Waals surface area contributed by atoms with Crippen LogP contribution in [0.3, 0.4) is 0 Å². The molecule has 0 aliphatic carbocycles. The van der Waals surface area contributed by atoms with Crippen LogP contribution in [0.5, 0.6) is 0 Å². The van der Waals surface area contributed by atoms with E-state index < -0.39 is 24.4 Å². The number of hydrogen-bond donors (Lipinski definition) is 1. The van der Waals surface area contributed by atoms with Gasteiger partial charge in [0.05, 0.1) is 17.8 Å². The number of nitrogens with one attached hydrogen (secondary N) is 1. The number of anilines is 2. The van der Waals surface area contributed by atoms with Crippen molar-refractivity contribution in [1.29, 1.82) is 0 Å². The maximum atomic E-state index is 15.0. The lowest BCUT2D eigenvalue weighted by atomic mass is 10.0. The first-order valence-electron chi connectivity index (χ1n) is 13.7. The van der Waals surface area contributed by atoms with Crippen LogP contribution in [0, 0.1) is 11.6 Å². The third kappa shape index (κ3) is 5.15. The van der Waals surface area contributed by atoms with E-state index in [1.165, 1.54) is 6.07 Å². The largest absolute Gasteiger partial charge is 0.322 e. The molecule has 0 amide bonds. The summed E-state index contributed by atoms with van der Waals surface area (Å²) in [4.78, 5) is 22.1. The maximum absolute atomic E-state index is 15.0. The van der Waals surface area contributed by atoms with E-state index >= 15 is 4.39 Å². The molecule has 40 heavy (non-hydrogen) atoms. The van der Waals surface area contributed by atoms with Crippen molar-refractivity contribution in [2.45, 2.75) is 51.7 Å². The smallest absolute Gasteiger partial charge is 0.229 e. The monoisotopic (exact) mass is 550 g/mol. The molecular weight excluding hydrogens is 517 g/mol. The second kappa shape index (κ2) is 10.4. The van der Waals surface area contributed by atoms with Gasteiger partial charge in [-0.25, -0.2) is 33.1 Å². The van der Waals surface area contributed by atoms with Gasteiger partial charge in [-0.2, -0.15) is 0 Å². The van der Waals surface area contributed by atoms with E-state index in [1.54, 1.807) is 10.6 Å².